The van der Waals surface area contributed by atoms with E-state index in [0.29, 0.717) is 0 Å². The number of aliphatic hydroxyl groups is 3. The number of carbonyl (C=O) groups is 1. The SMILES string of the molecule is CC1(C)O[C@@H]2[C@@H](O)[C@H](O)[C@H](CO)[C@@H](NC(=O)OCc3ccccc3)[C@@H]2O1. The van der Waals surface area contributed by atoms with Crippen LogP contribution in [0.5, 0.6) is 0 Å². The van der Waals surface area contributed by atoms with Crippen LogP contribution in [0.3, 0.4) is 0 Å². The van der Waals surface area contributed by atoms with Crippen molar-refractivity contribution in [2.45, 2.75) is 56.7 Å². The van der Waals surface area contributed by atoms with Crippen LogP contribution in [-0.2, 0) is 20.8 Å². The van der Waals surface area contributed by atoms with Crippen LogP contribution >= 0.6 is 0 Å². The number of aliphatic hydroxyl groups excluding tert-OH is 3. The van der Waals surface area contributed by atoms with Crippen molar-refractivity contribution in [2.75, 3.05) is 6.61 Å². The van der Waals surface area contributed by atoms with Crippen molar-refractivity contribution in [3.8, 4) is 0 Å². The third-order valence-electron chi connectivity index (χ3n) is 4.81. The van der Waals surface area contributed by atoms with Gasteiger partial charge in [0.2, 0.25) is 0 Å². The molecule has 0 aromatic heterocycles. The number of rotatable bonds is 4. The molecule has 0 unspecified atom stereocenters. The minimum absolute atomic E-state index is 0.0886. The van der Waals surface area contributed by atoms with Gasteiger partial charge in [-0.1, -0.05) is 30.3 Å². The van der Waals surface area contributed by atoms with Gasteiger partial charge in [0.25, 0.3) is 0 Å². The molecule has 1 heterocycles. The summed E-state index contributed by atoms with van der Waals surface area (Å²) in [6, 6.07) is 8.44. The zero-order valence-electron chi connectivity index (χ0n) is 14.7. The van der Waals surface area contributed by atoms with Gasteiger partial charge < -0.3 is 34.8 Å². The van der Waals surface area contributed by atoms with Crippen LogP contribution in [0.4, 0.5) is 4.79 Å². The van der Waals surface area contributed by atoms with E-state index in [-0.39, 0.29) is 6.61 Å². The van der Waals surface area contributed by atoms with Crippen LogP contribution in [0, 0.1) is 5.92 Å². The maximum Gasteiger partial charge on any atom is 0.407 e. The second-order valence-electron chi connectivity index (χ2n) is 7.12. The molecule has 1 saturated heterocycles. The number of ether oxygens (including phenoxy) is 3. The summed E-state index contributed by atoms with van der Waals surface area (Å²) in [4.78, 5) is 12.2. The lowest BCUT2D eigenvalue weighted by Gasteiger charge is -2.43. The summed E-state index contributed by atoms with van der Waals surface area (Å²) in [5.41, 5.74) is 0.833. The lowest BCUT2D eigenvalue weighted by molar-refractivity contribution is -0.162. The third-order valence-corrected chi connectivity index (χ3v) is 4.81. The second kappa shape index (κ2) is 7.50. The van der Waals surface area contributed by atoms with Crippen molar-refractivity contribution in [3.05, 3.63) is 35.9 Å². The number of amides is 1. The summed E-state index contributed by atoms with van der Waals surface area (Å²) in [7, 11) is 0. The Morgan fingerprint density at radius 1 is 1.15 bits per heavy atom. The van der Waals surface area contributed by atoms with Gasteiger partial charge in [0.05, 0.1) is 18.8 Å². The maximum absolute atomic E-state index is 12.2. The van der Waals surface area contributed by atoms with E-state index >= 15 is 0 Å². The summed E-state index contributed by atoms with van der Waals surface area (Å²) in [5, 5.41) is 32.9. The highest BCUT2D eigenvalue weighted by Gasteiger charge is 2.57. The van der Waals surface area contributed by atoms with Crippen molar-refractivity contribution in [1.82, 2.24) is 5.32 Å². The van der Waals surface area contributed by atoms with Crippen LogP contribution < -0.4 is 5.32 Å². The Balaban J connectivity index is 1.70. The highest BCUT2D eigenvalue weighted by Crippen LogP contribution is 2.39. The van der Waals surface area contributed by atoms with Gasteiger partial charge in [-0.2, -0.15) is 0 Å². The van der Waals surface area contributed by atoms with Gasteiger partial charge >= 0.3 is 6.09 Å². The monoisotopic (exact) mass is 367 g/mol. The van der Waals surface area contributed by atoms with Gasteiger partial charge in [-0.15, -0.1) is 0 Å². The van der Waals surface area contributed by atoms with E-state index in [0.717, 1.165) is 5.56 Å². The number of fused-ring (bicyclic) bond motifs is 1. The van der Waals surface area contributed by atoms with Gasteiger partial charge in [-0.25, -0.2) is 4.79 Å². The van der Waals surface area contributed by atoms with Crippen LogP contribution in [0.2, 0.25) is 0 Å². The average molecular weight is 367 g/mol. The summed E-state index contributed by atoms with van der Waals surface area (Å²) in [6.07, 6.45) is -4.73. The Kier molecular flexibility index (Phi) is 5.50. The van der Waals surface area contributed by atoms with Crippen molar-refractivity contribution < 1.29 is 34.3 Å². The molecule has 1 amide bonds. The molecule has 1 aromatic carbocycles. The molecule has 4 N–H and O–H groups in total. The van der Waals surface area contributed by atoms with E-state index in [2.05, 4.69) is 5.32 Å². The number of benzene rings is 1. The summed E-state index contributed by atoms with van der Waals surface area (Å²) >= 11 is 0. The molecular formula is C18H25NO7. The van der Waals surface area contributed by atoms with Gasteiger partial charge in [0.1, 0.15) is 24.9 Å². The fourth-order valence-corrected chi connectivity index (χ4v) is 3.57. The second-order valence-corrected chi connectivity index (χ2v) is 7.12. The van der Waals surface area contributed by atoms with E-state index in [1.165, 1.54) is 0 Å². The molecule has 26 heavy (non-hydrogen) atoms. The summed E-state index contributed by atoms with van der Waals surface area (Å²) in [6.45, 7) is 3.02. The van der Waals surface area contributed by atoms with Crippen LogP contribution in [0.25, 0.3) is 0 Å². The summed E-state index contributed by atoms with van der Waals surface area (Å²) in [5.74, 6) is -1.79. The number of carbonyl (C=O) groups excluding carboxylic acids is 1. The molecular weight excluding hydrogens is 342 g/mol. The average Bonchev–Trinajstić information content (AvgIpc) is 2.94. The molecule has 2 aliphatic rings. The van der Waals surface area contributed by atoms with Crippen molar-refractivity contribution in [1.29, 1.82) is 0 Å². The van der Waals surface area contributed by atoms with Crippen molar-refractivity contribution in [3.63, 3.8) is 0 Å². The number of nitrogens with one attached hydrogen (secondary N) is 1. The molecule has 8 nitrogen and oxygen atoms in total. The highest BCUT2D eigenvalue weighted by molar-refractivity contribution is 5.67. The molecule has 144 valence electrons. The van der Waals surface area contributed by atoms with E-state index in [1.807, 2.05) is 30.3 Å². The quantitative estimate of drug-likeness (QED) is 0.598. The molecule has 0 bridgehead atoms. The molecule has 1 aliphatic heterocycles. The molecule has 0 spiro atoms. The largest absolute Gasteiger partial charge is 0.445 e. The van der Waals surface area contributed by atoms with E-state index < -0.39 is 54.9 Å². The van der Waals surface area contributed by atoms with Crippen molar-refractivity contribution >= 4 is 6.09 Å². The van der Waals surface area contributed by atoms with Crippen LogP contribution in [-0.4, -0.2) is 64.3 Å². The van der Waals surface area contributed by atoms with Crippen molar-refractivity contribution in [2.24, 2.45) is 5.92 Å². The first-order valence-electron chi connectivity index (χ1n) is 8.62. The Labute approximate surface area is 151 Å². The molecule has 8 heteroatoms. The lowest BCUT2D eigenvalue weighted by Crippen LogP contribution is -2.65. The number of hydrogen-bond donors (Lipinski definition) is 4. The van der Waals surface area contributed by atoms with E-state index in [1.54, 1.807) is 13.8 Å². The smallest absolute Gasteiger partial charge is 0.407 e. The topological polar surface area (TPSA) is 117 Å². The first-order chi connectivity index (χ1) is 12.3. The highest BCUT2D eigenvalue weighted by atomic mass is 16.8. The number of hydrogen-bond acceptors (Lipinski definition) is 7. The zero-order valence-corrected chi connectivity index (χ0v) is 14.7. The predicted octanol–water partition coefficient (Wildman–Crippen LogP) is 0.145. The fraction of sp³-hybridized carbons (Fsp3) is 0.611. The molecule has 1 saturated carbocycles. The maximum atomic E-state index is 12.2. The molecule has 0 radical (unpaired) electrons. The summed E-state index contributed by atoms with van der Waals surface area (Å²) < 4.78 is 16.7. The molecule has 6 atom stereocenters. The third kappa shape index (κ3) is 3.84. The van der Waals surface area contributed by atoms with Gasteiger partial charge in [0, 0.05) is 5.92 Å². The van der Waals surface area contributed by atoms with Crippen LogP contribution in [0.1, 0.15) is 19.4 Å². The van der Waals surface area contributed by atoms with E-state index in [4.69, 9.17) is 14.2 Å². The van der Waals surface area contributed by atoms with Gasteiger partial charge in [-0.05, 0) is 19.4 Å². The minimum Gasteiger partial charge on any atom is -0.445 e. The van der Waals surface area contributed by atoms with Crippen LogP contribution in [0.15, 0.2) is 30.3 Å². The predicted molar refractivity (Wildman–Crippen MR) is 90.0 cm³/mol. The zero-order chi connectivity index (χ0) is 18.9. The number of alkyl carbamates (subject to hydrolysis) is 1. The standard InChI is InChI=1S/C18H25NO7/c1-18(2)25-15-12(11(8-20)13(21)14(22)16(15)26-18)19-17(23)24-9-10-6-4-3-5-7-10/h3-7,11-16,20-22H,8-9H2,1-2H3,(H,19,23)/t11-,12-,13-,14+,15+,16-/m1/s1. The Morgan fingerprint density at radius 2 is 1.81 bits per heavy atom. The molecule has 1 aliphatic carbocycles. The van der Waals surface area contributed by atoms with Gasteiger partial charge in [0.15, 0.2) is 5.79 Å². The first-order valence-corrected chi connectivity index (χ1v) is 8.62. The Morgan fingerprint density at radius 3 is 2.46 bits per heavy atom. The Bertz CT molecular complexity index is 623. The molecule has 1 aromatic rings. The normalized spacial score (nSPS) is 35.6. The fourth-order valence-electron chi connectivity index (χ4n) is 3.57. The lowest BCUT2D eigenvalue weighted by atomic mass is 9.77. The molecule has 3 rings (SSSR count). The Hall–Kier alpha value is -1.71. The molecule has 2 fully saturated rings. The van der Waals surface area contributed by atoms with E-state index in [9.17, 15) is 20.1 Å². The first kappa shape index (κ1) is 19.1. The minimum atomic E-state index is -1.27. The van der Waals surface area contributed by atoms with Gasteiger partial charge in [-0.3, -0.25) is 0 Å².